The minimum Gasteiger partial charge on any atom is -0.335 e. The largest absolute Gasteiger partial charge is 0.401 e. The smallest absolute Gasteiger partial charge is 0.335 e. The molecule has 0 saturated heterocycles. The fraction of sp³-hybridized carbons (Fsp3) is 0.429. The van der Waals surface area contributed by atoms with Crippen molar-refractivity contribution in [3.63, 3.8) is 0 Å². The van der Waals surface area contributed by atoms with Gasteiger partial charge in [0.25, 0.3) is 0 Å². The molecule has 1 rings (SSSR count). The molecule has 0 fully saturated rings. The van der Waals surface area contributed by atoms with Crippen molar-refractivity contribution < 1.29 is 16.8 Å². The first kappa shape index (κ1) is 11.0. The third kappa shape index (κ3) is 3.02. The Labute approximate surface area is 83.3 Å². The van der Waals surface area contributed by atoms with Gasteiger partial charge >= 0.3 is 10.4 Å². The molecule has 0 bridgehead atoms. The van der Waals surface area contributed by atoms with Crippen LogP contribution in [0, 0.1) is 0 Å². The van der Waals surface area contributed by atoms with Gasteiger partial charge in [-0.05, 0) is 6.20 Å². The molecule has 80 valence electrons. The minimum atomic E-state index is -3.85. The Kier molecular flexibility index (Phi) is 3.50. The van der Waals surface area contributed by atoms with E-state index in [1.165, 1.54) is 0 Å². The van der Waals surface area contributed by atoms with Crippen LogP contribution in [0.3, 0.4) is 0 Å². The van der Waals surface area contributed by atoms with E-state index in [-0.39, 0.29) is 6.73 Å². The van der Waals surface area contributed by atoms with Gasteiger partial charge in [-0.25, -0.2) is 4.18 Å². The normalized spacial score (nSPS) is 16.4. The molecule has 1 heterocycles. The zero-order chi connectivity index (χ0) is 10.6. The van der Waals surface area contributed by atoms with Crippen molar-refractivity contribution in [2.75, 3.05) is 20.5 Å². The highest BCUT2D eigenvalue weighted by molar-refractivity contribution is 7.81. The predicted molar refractivity (Wildman–Crippen MR) is 49.8 cm³/mol. The van der Waals surface area contributed by atoms with Crippen molar-refractivity contribution in [3.8, 4) is 0 Å². The van der Waals surface area contributed by atoms with Gasteiger partial charge in [-0.15, -0.1) is 0 Å². The third-order valence-corrected chi connectivity index (χ3v) is 2.42. The number of nitrogens with zero attached hydrogens (tertiary/aromatic N) is 2. The molecule has 0 radical (unpaired) electrons. The molecule has 0 aromatic heterocycles. The molecule has 0 aliphatic carbocycles. The van der Waals surface area contributed by atoms with Crippen LogP contribution in [0.15, 0.2) is 25.2 Å². The molecule has 0 unspecified atom stereocenters. The van der Waals surface area contributed by atoms with Gasteiger partial charge in [0.2, 0.25) is 0 Å². The average molecular weight is 220 g/mol. The maximum absolute atomic E-state index is 10.8. The fourth-order valence-corrected chi connectivity index (χ4v) is 1.23. The molecule has 0 spiro atoms. The van der Waals surface area contributed by atoms with E-state index < -0.39 is 10.4 Å². The van der Waals surface area contributed by atoms with Crippen LogP contribution in [0.4, 0.5) is 0 Å². The van der Waals surface area contributed by atoms with Crippen molar-refractivity contribution in [1.29, 1.82) is 0 Å². The highest BCUT2D eigenvalue weighted by Crippen LogP contribution is 2.07. The fourth-order valence-electron chi connectivity index (χ4n) is 0.867. The molecule has 0 amide bonds. The number of rotatable bonds is 5. The lowest BCUT2D eigenvalue weighted by molar-refractivity contribution is 0.141. The van der Waals surface area contributed by atoms with E-state index >= 15 is 0 Å². The van der Waals surface area contributed by atoms with E-state index in [1.807, 2.05) is 0 Å². The zero-order valence-electron chi connectivity index (χ0n) is 7.79. The zero-order valence-corrected chi connectivity index (χ0v) is 8.61. The Morgan fingerprint density at radius 2 is 2.29 bits per heavy atom. The summed E-state index contributed by atoms with van der Waals surface area (Å²) in [5, 5.41) is 0. The van der Waals surface area contributed by atoms with Gasteiger partial charge in [-0.3, -0.25) is 4.18 Å². The van der Waals surface area contributed by atoms with Crippen LogP contribution in [0.5, 0.6) is 0 Å². The molecule has 1 aliphatic rings. The quantitative estimate of drug-likeness (QED) is 0.652. The molecule has 6 nitrogen and oxygen atoms in total. The lowest BCUT2D eigenvalue weighted by Crippen LogP contribution is -2.26. The van der Waals surface area contributed by atoms with Crippen LogP contribution in [0.2, 0.25) is 0 Å². The lowest BCUT2D eigenvalue weighted by atomic mass is 10.8. The average Bonchev–Trinajstić information content (AvgIpc) is 2.63. The second kappa shape index (κ2) is 4.45. The Bertz CT molecular complexity index is 325. The Morgan fingerprint density at radius 3 is 2.79 bits per heavy atom. The summed E-state index contributed by atoms with van der Waals surface area (Å²) in [5.74, 6) is 0. The van der Waals surface area contributed by atoms with Crippen LogP contribution in [0.25, 0.3) is 0 Å². The first-order chi connectivity index (χ1) is 6.57. The predicted octanol–water partition coefficient (Wildman–Crippen LogP) is 0.0415. The molecule has 0 atom stereocenters. The highest BCUT2D eigenvalue weighted by Gasteiger charge is 2.14. The van der Waals surface area contributed by atoms with Gasteiger partial charge in [0, 0.05) is 12.4 Å². The summed E-state index contributed by atoms with van der Waals surface area (Å²) in [6.07, 6.45) is 5.09. The van der Waals surface area contributed by atoms with Gasteiger partial charge in [0.15, 0.2) is 0 Å². The van der Waals surface area contributed by atoms with E-state index in [0.29, 0.717) is 6.67 Å². The molecule has 14 heavy (non-hydrogen) atoms. The Balaban J connectivity index is 2.35. The summed E-state index contributed by atoms with van der Waals surface area (Å²) in [6.45, 7) is 4.01. The second-order valence-corrected chi connectivity index (χ2v) is 3.93. The van der Waals surface area contributed by atoms with Crippen molar-refractivity contribution in [2.45, 2.75) is 0 Å². The van der Waals surface area contributed by atoms with Crippen LogP contribution in [0.1, 0.15) is 0 Å². The second-order valence-electron chi connectivity index (χ2n) is 2.55. The summed E-state index contributed by atoms with van der Waals surface area (Å²) < 4.78 is 30.2. The summed E-state index contributed by atoms with van der Waals surface area (Å²) >= 11 is 0. The molecular weight excluding hydrogens is 208 g/mol. The molecular formula is C7H12N2O4S. The molecule has 1 aliphatic heterocycles. The van der Waals surface area contributed by atoms with Crippen LogP contribution >= 0.6 is 0 Å². The third-order valence-electron chi connectivity index (χ3n) is 1.62. The Hall–Kier alpha value is -1.05. The Morgan fingerprint density at radius 1 is 1.57 bits per heavy atom. The van der Waals surface area contributed by atoms with E-state index in [2.05, 4.69) is 14.9 Å². The molecule has 0 aromatic carbocycles. The van der Waals surface area contributed by atoms with Crippen molar-refractivity contribution in [1.82, 2.24) is 9.80 Å². The first-order valence-electron chi connectivity index (χ1n) is 3.83. The van der Waals surface area contributed by atoms with Crippen LogP contribution in [-0.4, -0.2) is 38.7 Å². The minimum absolute atomic E-state index is 0.0724. The first-order valence-corrected chi connectivity index (χ1v) is 5.16. The molecule has 0 aromatic rings. The van der Waals surface area contributed by atoms with Gasteiger partial charge in [0.05, 0.1) is 13.8 Å². The van der Waals surface area contributed by atoms with E-state index in [4.69, 9.17) is 0 Å². The summed E-state index contributed by atoms with van der Waals surface area (Å²) in [7, 11) is -2.80. The van der Waals surface area contributed by atoms with Gasteiger partial charge in [-0.1, -0.05) is 6.58 Å². The summed E-state index contributed by atoms with van der Waals surface area (Å²) in [4.78, 5) is 3.43. The molecule has 0 saturated carbocycles. The molecule has 7 heteroatoms. The highest BCUT2D eigenvalue weighted by atomic mass is 32.3. The summed E-state index contributed by atoms with van der Waals surface area (Å²) in [6, 6.07) is 0. The van der Waals surface area contributed by atoms with Gasteiger partial charge < -0.3 is 9.80 Å². The van der Waals surface area contributed by atoms with Gasteiger partial charge in [-0.2, -0.15) is 8.42 Å². The van der Waals surface area contributed by atoms with E-state index in [1.54, 1.807) is 28.4 Å². The van der Waals surface area contributed by atoms with Gasteiger partial charge in [0.1, 0.15) is 6.73 Å². The maximum Gasteiger partial charge on any atom is 0.401 e. The number of hydrogen-bond donors (Lipinski definition) is 0. The lowest BCUT2D eigenvalue weighted by Gasteiger charge is -2.17. The monoisotopic (exact) mass is 220 g/mol. The van der Waals surface area contributed by atoms with E-state index in [0.717, 1.165) is 7.11 Å². The SMILES string of the molecule is C=CN1C=CN(COS(=O)(=O)OC)C1. The summed E-state index contributed by atoms with van der Waals surface area (Å²) in [5.41, 5.74) is 0. The van der Waals surface area contributed by atoms with Crippen LogP contribution in [-0.2, 0) is 18.8 Å². The maximum atomic E-state index is 10.8. The van der Waals surface area contributed by atoms with Crippen molar-refractivity contribution in [2.24, 2.45) is 0 Å². The number of hydrogen-bond acceptors (Lipinski definition) is 6. The topological polar surface area (TPSA) is 59.1 Å². The standard InChI is InChI=1S/C7H12N2O4S/c1-3-8-4-5-9(6-8)7-13-14(10,11)12-2/h3-5H,1,6-7H2,2H3. The molecule has 0 N–H and O–H groups in total. The van der Waals surface area contributed by atoms with E-state index in [9.17, 15) is 8.42 Å². The van der Waals surface area contributed by atoms with Crippen LogP contribution < -0.4 is 0 Å². The van der Waals surface area contributed by atoms with Crippen molar-refractivity contribution >= 4 is 10.4 Å². The van der Waals surface area contributed by atoms with Crippen molar-refractivity contribution in [3.05, 3.63) is 25.2 Å².